The molecule has 26 heavy (non-hydrogen) atoms. The molecule has 1 N–H and O–H groups in total. The SMILES string of the molecule is CCOC(=O)c1c(C)[nH]c(C(=O)[C@@H](C)N(C)Cc2ccc(Cl)cc2)c1C. The maximum Gasteiger partial charge on any atom is 0.340 e. The average Bonchev–Trinajstić information content (AvgIpc) is 2.90. The number of H-pyrrole nitrogens is 1. The summed E-state index contributed by atoms with van der Waals surface area (Å²) in [5.74, 6) is -0.461. The monoisotopic (exact) mass is 376 g/mol. The second kappa shape index (κ2) is 8.52. The number of aromatic nitrogens is 1. The molecule has 0 spiro atoms. The normalized spacial score (nSPS) is 12.3. The van der Waals surface area contributed by atoms with Crippen molar-refractivity contribution in [2.45, 2.75) is 40.3 Å². The molecule has 0 aliphatic heterocycles. The number of carbonyl (C=O) groups is 2. The number of nitrogens with zero attached hydrogens (tertiary/aromatic N) is 1. The highest BCUT2D eigenvalue weighted by atomic mass is 35.5. The van der Waals surface area contributed by atoms with E-state index in [9.17, 15) is 9.59 Å². The number of aryl methyl sites for hydroxylation is 1. The van der Waals surface area contributed by atoms with E-state index in [0.29, 0.717) is 40.7 Å². The quantitative estimate of drug-likeness (QED) is 0.582. The van der Waals surface area contributed by atoms with Crippen LogP contribution in [0.4, 0.5) is 0 Å². The highest BCUT2D eigenvalue weighted by Gasteiger charge is 2.27. The van der Waals surface area contributed by atoms with Crippen LogP contribution in [0.15, 0.2) is 24.3 Å². The van der Waals surface area contributed by atoms with E-state index in [1.54, 1.807) is 20.8 Å². The minimum absolute atomic E-state index is 0.0578. The van der Waals surface area contributed by atoms with Crippen LogP contribution in [0.2, 0.25) is 5.02 Å². The van der Waals surface area contributed by atoms with E-state index in [4.69, 9.17) is 16.3 Å². The van der Waals surface area contributed by atoms with E-state index < -0.39 is 5.97 Å². The van der Waals surface area contributed by atoms with Crippen LogP contribution in [0.3, 0.4) is 0 Å². The van der Waals surface area contributed by atoms with Crippen LogP contribution in [0, 0.1) is 13.8 Å². The first kappa shape index (κ1) is 20.2. The number of Topliss-reactive ketones (excluding diaryl/α,β-unsaturated/α-hetero) is 1. The van der Waals surface area contributed by atoms with Gasteiger partial charge < -0.3 is 9.72 Å². The molecule has 0 saturated heterocycles. The fourth-order valence-electron chi connectivity index (χ4n) is 2.93. The number of hydrogen-bond acceptors (Lipinski definition) is 4. The van der Waals surface area contributed by atoms with Gasteiger partial charge in [0.25, 0.3) is 0 Å². The highest BCUT2D eigenvalue weighted by molar-refractivity contribution is 6.30. The molecule has 1 aromatic heterocycles. The molecule has 2 rings (SSSR count). The highest BCUT2D eigenvalue weighted by Crippen LogP contribution is 2.22. The molecule has 0 bridgehead atoms. The van der Waals surface area contributed by atoms with Crippen molar-refractivity contribution in [1.82, 2.24) is 9.88 Å². The van der Waals surface area contributed by atoms with Crippen LogP contribution < -0.4 is 0 Å². The Balaban J connectivity index is 2.18. The number of hydrogen-bond donors (Lipinski definition) is 1. The van der Waals surface area contributed by atoms with Crippen molar-refractivity contribution in [2.75, 3.05) is 13.7 Å². The van der Waals surface area contributed by atoms with Crippen molar-refractivity contribution in [1.29, 1.82) is 0 Å². The van der Waals surface area contributed by atoms with E-state index in [1.165, 1.54) is 0 Å². The molecule has 1 atom stereocenters. The van der Waals surface area contributed by atoms with E-state index in [0.717, 1.165) is 5.56 Å². The lowest BCUT2D eigenvalue weighted by Gasteiger charge is -2.23. The molecule has 0 unspecified atom stereocenters. The first-order chi connectivity index (χ1) is 12.3. The summed E-state index contributed by atoms with van der Waals surface area (Å²) < 4.78 is 5.09. The lowest BCUT2D eigenvalue weighted by Crippen LogP contribution is -2.36. The summed E-state index contributed by atoms with van der Waals surface area (Å²) in [6, 6.07) is 7.21. The van der Waals surface area contributed by atoms with Gasteiger partial charge in [-0.3, -0.25) is 9.69 Å². The van der Waals surface area contributed by atoms with E-state index in [2.05, 4.69) is 4.98 Å². The van der Waals surface area contributed by atoms with Crippen LogP contribution in [0.25, 0.3) is 0 Å². The summed E-state index contributed by atoms with van der Waals surface area (Å²) >= 11 is 5.91. The predicted octanol–water partition coefficient (Wildman–Crippen LogP) is 4.16. The molecular weight excluding hydrogens is 352 g/mol. The summed E-state index contributed by atoms with van der Waals surface area (Å²) in [6.07, 6.45) is 0. The van der Waals surface area contributed by atoms with E-state index >= 15 is 0 Å². The number of carbonyl (C=O) groups excluding carboxylic acids is 2. The van der Waals surface area contributed by atoms with Crippen molar-refractivity contribution in [2.24, 2.45) is 0 Å². The lowest BCUT2D eigenvalue weighted by atomic mass is 10.0. The molecule has 0 radical (unpaired) electrons. The number of likely N-dealkylation sites (N-methyl/N-ethyl adjacent to an activating group) is 1. The number of rotatable bonds is 7. The Bertz CT molecular complexity index is 796. The lowest BCUT2D eigenvalue weighted by molar-refractivity contribution is 0.0525. The molecule has 0 amide bonds. The first-order valence-corrected chi connectivity index (χ1v) is 8.99. The van der Waals surface area contributed by atoms with Crippen molar-refractivity contribution in [3.8, 4) is 0 Å². The Morgan fingerprint density at radius 3 is 2.42 bits per heavy atom. The minimum atomic E-state index is -0.403. The molecule has 2 aromatic rings. The standard InChI is InChI=1S/C20H25ClN2O3/c1-6-26-20(25)17-12(2)18(22-13(17)3)19(24)14(4)23(5)11-15-7-9-16(21)10-8-15/h7-10,14,22H,6,11H2,1-5H3/t14-/m1/s1. The summed E-state index contributed by atoms with van der Waals surface area (Å²) in [7, 11) is 1.90. The Morgan fingerprint density at radius 2 is 1.85 bits per heavy atom. The zero-order chi connectivity index (χ0) is 19.4. The fraction of sp³-hybridized carbons (Fsp3) is 0.400. The van der Waals surface area contributed by atoms with Crippen molar-refractivity contribution in [3.63, 3.8) is 0 Å². The number of nitrogens with one attached hydrogen (secondary N) is 1. The molecule has 0 aliphatic carbocycles. The topological polar surface area (TPSA) is 62.4 Å². The molecule has 0 fully saturated rings. The maximum atomic E-state index is 13.0. The molecule has 1 aromatic carbocycles. The third kappa shape index (κ3) is 4.34. The molecule has 6 heteroatoms. The van der Waals surface area contributed by atoms with Gasteiger partial charge in [0.1, 0.15) is 0 Å². The third-order valence-corrected chi connectivity index (χ3v) is 4.80. The van der Waals surface area contributed by atoms with E-state index in [-0.39, 0.29) is 11.8 Å². The van der Waals surface area contributed by atoms with Gasteiger partial charge >= 0.3 is 5.97 Å². The fourth-order valence-corrected chi connectivity index (χ4v) is 3.06. The summed E-state index contributed by atoms with van der Waals surface area (Å²) in [5.41, 5.74) is 3.27. The molecule has 5 nitrogen and oxygen atoms in total. The number of ether oxygens (including phenoxy) is 1. The van der Waals surface area contributed by atoms with Crippen LogP contribution in [0.5, 0.6) is 0 Å². The van der Waals surface area contributed by atoms with Crippen molar-refractivity contribution >= 4 is 23.4 Å². The molecule has 0 saturated carbocycles. The Kier molecular flexibility index (Phi) is 6.62. The maximum absolute atomic E-state index is 13.0. The Labute approximate surface area is 159 Å². The Hall–Kier alpha value is -2.11. The summed E-state index contributed by atoms with van der Waals surface area (Å²) in [6.45, 7) is 8.08. The van der Waals surface area contributed by atoms with Crippen LogP contribution >= 0.6 is 11.6 Å². The second-order valence-electron chi connectivity index (χ2n) is 6.43. The summed E-state index contributed by atoms with van der Waals surface area (Å²) in [4.78, 5) is 30.1. The van der Waals surface area contributed by atoms with Crippen LogP contribution in [-0.4, -0.2) is 41.3 Å². The summed E-state index contributed by atoms with van der Waals surface area (Å²) in [5, 5.41) is 0.685. The zero-order valence-corrected chi connectivity index (χ0v) is 16.6. The van der Waals surface area contributed by atoms with Gasteiger partial charge in [0.2, 0.25) is 0 Å². The van der Waals surface area contributed by atoms with Gasteiger partial charge in [-0.15, -0.1) is 0 Å². The molecular formula is C20H25ClN2O3. The van der Waals surface area contributed by atoms with Gasteiger partial charge in [-0.2, -0.15) is 0 Å². The van der Waals surface area contributed by atoms with Crippen LogP contribution in [0.1, 0.15) is 51.5 Å². The number of ketones is 1. The van der Waals surface area contributed by atoms with Crippen molar-refractivity contribution in [3.05, 3.63) is 57.4 Å². The van der Waals surface area contributed by atoms with Gasteiger partial charge in [-0.05, 0) is 58.0 Å². The third-order valence-electron chi connectivity index (χ3n) is 4.55. The largest absolute Gasteiger partial charge is 0.462 e. The van der Waals surface area contributed by atoms with Crippen molar-refractivity contribution < 1.29 is 14.3 Å². The Morgan fingerprint density at radius 1 is 1.23 bits per heavy atom. The van der Waals surface area contributed by atoms with Gasteiger partial charge in [-0.25, -0.2) is 4.79 Å². The van der Waals surface area contributed by atoms with Gasteiger partial charge in [-0.1, -0.05) is 23.7 Å². The molecule has 0 aliphatic rings. The van der Waals surface area contributed by atoms with Crippen LogP contribution in [-0.2, 0) is 11.3 Å². The number of benzene rings is 1. The number of esters is 1. The number of halogens is 1. The second-order valence-corrected chi connectivity index (χ2v) is 6.86. The average molecular weight is 377 g/mol. The van der Waals surface area contributed by atoms with Gasteiger partial charge in [0.15, 0.2) is 5.78 Å². The van der Waals surface area contributed by atoms with Gasteiger partial charge in [0.05, 0.1) is 23.9 Å². The molecule has 1 heterocycles. The van der Waals surface area contributed by atoms with Gasteiger partial charge in [0, 0.05) is 17.3 Å². The van der Waals surface area contributed by atoms with E-state index in [1.807, 2.05) is 43.1 Å². The predicted molar refractivity (Wildman–Crippen MR) is 103 cm³/mol. The zero-order valence-electron chi connectivity index (χ0n) is 15.9. The first-order valence-electron chi connectivity index (χ1n) is 8.61. The minimum Gasteiger partial charge on any atom is -0.462 e. The number of aromatic amines is 1. The molecule has 140 valence electrons. The smallest absolute Gasteiger partial charge is 0.340 e.